The predicted molar refractivity (Wildman–Crippen MR) is 90.5 cm³/mol. The molecule has 0 fully saturated rings. The van der Waals surface area contributed by atoms with Crippen LogP contribution in [0.25, 0.3) is 10.9 Å². The second-order valence-electron chi connectivity index (χ2n) is 5.16. The fourth-order valence-electron chi connectivity index (χ4n) is 2.27. The molecule has 23 heavy (non-hydrogen) atoms. The van der Waals surface area contributed by atoms with E-state index in [-0.39, 0.29) is 22.1 Å². The normalized spacial score (nSPS) is 12.2. The molecule has 1 atom stereocenters. The zero-order chi connectivity index (χ0) is 17.0. The fourth-order valence-corrected chi connectivity index (χ4v) is 2.70. The van der Waals surface area contributed by atoms with E-state index >= 15 is 0 Å². The van der Waals surface area contributed by atoms with Gasteiger partial charge in [0.15, 0.2) is 0 Å². The van der Waals surface area contributed by atoms with Crippen LogP contribution in [0.4, 0.5) is 10.1 Å². The number of methoxy groups -OCH3 is 1. The number of carbonyl (C=O) groups excluding carboxylic acids is 2. The molecule has 0 bridgehead atoms. The summed E-state index contributed by atoms with van der Waals surface area (Å²) in [6.45, 7) is 2.04. The SMILES string of the molecule is CCCC[C@@H](Br)C(=O)Nc1c(C(=O)OC)[nH]c2ccc(F)cc12. The molecular formula is C16H18BrFN2O3. The van der Waals surface area contributed by atoms with Crippen molar-refractivity contribution in [3.63, 3.8) is 0 Å². The molecule has 0 saturated carbocycles. The largest absolute Gasteiger partial charge is 0.464 e. The quantitative estimate of drug-likeness (QED) is 0.584. The number of ether oxygens (including phenoxy) is 1. The zero-order valence-corrected chi connectivity index (χ0v) is 14.5. The molecule has 2 aromatic rings. The summed E-state index contributed by atoms with van der Waals surface area (Å²) in [5.74, 6) is -1.37. The maximum absolute atomic E-state index is 13.5. The first-order valence-electron chi connectivity index (χ1n) is 7.32. The lowest BCUT2D eigenvalue weighted by Crippen LogP contribution is -2.23. The van der Waals surface area contributed by atoms with Gasteiger partial charge < -0.3 is 15.0 Å². The minimum absolute atomic E-state index is 0.0941. The number of carbonyl (C=O) groups is 2. The van der Waals surface area contributed by atoms with E-state index < -0.39 is 11.8 Å². The van der Waals surface area contributed by atoms with E-state index in [1.165, 1.54) is 25.3 Å². The lowest BCUT2D eigenvalue weighted by molar-refractivity contribution is -0.115. The van der Waals surface area contributed by atoms with Crippen LogP contribution in [0.5, 0.6) is 0 Å². The summed E-state index contributed by atoms with van der Waals surface area (Å²) >= 11 is 3.33. The van der Waals surface area contributed by atoms with Crippen molar-refractivity contribution >= 4 is 44.4 Å². The van der Waals surface area contributed by atoms with Gasteiger partial charge in [0.1, 0.15) is 11.5 Å². The molecular weight excluding hydrogens is 367 g/mol. The predicted octanol–water partition coefficient (Wildman–Crippen LogP) is 3.99. The van der Waals surface area contributed by atoms with Gasteiger partial charge in [-0.25, -0.2) is 9.18 Å². The Balaban J connectivity index is 2.38. The van der Waals surface area contributed by atoms with Crippen molar-refractivity contribution in [2.24, 2.45) is 0 Å². The van der Waals surface area contributed by atoms with Crippen LogP contribution in [0, 0.1) is 5.82 Å². The number of anilines is 1. The lowest BCUT2D eigenvalue weighted by atomic mass is 10.1. The summed E-state index contributed by atoms with van der Waals surface area (Å²) in [5, 5.41) is 3.13. The van der Waals surface area contributed by atoms with Gasteiger partial charge in [-0.2, -0.15) is 0 Å². The van der Waals surface area contributed by atoms with Crippen molar-refractivity contribution in [1.29, 1.82) is 0 Å². The van der Waals surface area contributed by atoms with Crippen LogP contribution in [0.15, 0.2) is 18.2 Å². The van der Waals surface area contributed by atoms with Crippen molar-refractivity contribution in [3.8, 4) is 0 Å². The number of hydrogen-bond acceptors (Lipinski definition) is 3. The molecule has 5 nitrogen and oxygen atoms in total. The third-order valence-electron chi connectivity index (χ3n) is 3.49. The molecule has 0 spiro atoms. The number of fused-ring (bicyclic) bond motifs is 1. The molecule has 0 aliphatic rings. The highest BCUT2D eigenvalue weighted by Gasteiger charge is 2.23. The van der Waals surface area contributed by atoms with E-state index in [1.54, 1.807) is 0 Å². The minimum Gasteiger partial charge on any atom is -0.464 e. The third kappa shape index (κ3) is 3.90. The molecule has 0 aliphatic heterocycles. The number of hydrogen-bond donors (Lipinski definition) is 2. The number of rotatable bonds is 6. The minimum atomic E-state index is -0.628. The highest BCUT2D eigenvalue weighted by Crippen LogP contribution is 2.30. The summed E-state index contributed by atoms with van der Waals surface area (Å²) in [6, 6.07) is 4.05. The number of nitrogens with one attached hydrogen (secondary N) is 2. The molecule has 1 heterocycles. The van der Waals surface area contributed by atoms with Gasteiger partial charge >= 0.3 is 5.97 Å². The van der Waals surface area contributed by atoms with Gasteiger partial charge in [-0.1, -0.05) is 35.7 Å². The van der Waals surface area contributed by atoms with E-state index in [0.717, 1.165) is 12.8 Å². The van der Waals surface area contributed by atoms with Gasteiger partial charge in [-0.05, 0) is 24.6 Å². The number of halogens is 2. The highest BCUT2D eigenvalue weighted by atomic mass is 79.9. The molecule has 1 amide bonds. The number of alkyl halides is 1. The van der Waals surface area contributed by atoms with Crippen molar-refractivity contribution < 1.29 is 18.7 Å². The average Bonchev–Trinajstić information content (AvgIpc) is 2.89. The van der Waals surface area contributed by atoms with E-state index in [2.05, 4.69) is 26.2 Å². The smallest absolute Gasteiger partial charge is 0.356 e. The standard InChI is InChI=1S/C16H18BrFN2O3/c1-3-4-5-11(17)15(21)20-13-10-8-9(18)6-7-12(10)19-14(13)16(22)23-2/h6-8,11,19H,3-5H2,1-2H3,(H,20,21)/t11-/m1/s1. The summed E-state index contributed by atoms with van der Waals surface area (Å²) in [5.41, 5.74) is 0.871. The van der Waals surface area contributed by atoms with Crippen LogP contribution < -0.4 is 5.32 Å². The van der Waals surface area contributed by atoms with Gasteiger partial charge in [-0.3, -0.25) is 4.79 Å². The molecule has 0 saturated heterocycles. The number of unbranched alkanes of at least 4 members (excludes halogenated alkanes) is 1. The van der Waals surface area contributed by atoms with Crippen LogP contribution in [0.2, 0.25) is 0 Å². The molecule has 2 rings (SSSR count). The van der Waals surface area contributed by atoms with Gasteiger partial charge in [0, 0.05) is 10.9 Å². The maximum atomic E-state index is 13.5. The van der Waals surface area contributed by atoms with Crippen LogP contribution in [0.1, 0.15) is 36.7 Å². The fraction of sp³-hybridized carbons (Fsp3) is 0.375. The van der Waals surface area contributed by atoms with E-state index in [1.807, 2.05) is 6.92 Å². The van der Waals surface area contributed by atoms with Crippen LogP contribution >= 0.6 is 15.9 Å². The van der Waals surface area contributed by atoms with E-state index in [0.29, 0.717) is 17.3 Å². The van der Waals surface area contributed by atoms with Gasteiger partial charge in [0.2, 0.25) is 5.91 Å². The summed E-state index contributed by atoms with van der Waals surface area (Å²) < 4.78 is 18.2. The third-order valence-corrected chi connectivity index (χ3v) is 4.37. The Bertz CT molecular complexity index is 729. The van der Waals surface area contributed by atoms with Crippen molar-refractivity contribution in [2.45, 2.75) is 31.0 Å². The monoisotopic (exact) mass is 384 g/mol. The van der Waals surface area contributed by atoms with Crippen LogP contribution in [-0.4, -0.2) is 28.8 Å². The molecule has 124 valence electrons. The number of esters is 1. The average molecular weight is 385 g/mol. The Morgan fingerprint density at radius 3 is 2.83 bits per heavy atom. The Morgan fingerprint density at radius 1 is 1.43 bits per heavy atom. The number of aromatic amines is 1. The topological polar surface area (TPSA) is 71.2 Å². The van der Waals surface area contributed by atoms with Gasteiger partial charge in [-0.15, -0.1) is 0 Å². The van der Waals surface area contributed by atoms with Crippen molar-refractivity contribution in [1.82, 2.24) is 4.98 Å². The maximum Gasteiger partial charge on any atom is 0.356 e. The Kier molecular flexibility index (Phi) is 5.76. The van der Waals surface area contributed by atoms with Crippen LogP contribution in [-0.2, 0) is 9.53 Å². The van der Waals surface area contributed by atoms with E-state index in [4.69, 9.17) is 4.74 Å². The lowest BCUT2D eigenvalue weighted by Gasteiger charge is -2.11. The Labute approximate surface area is 141 Å². The second-order valence-corrected chi connectivity index (χ2v) is 6.26. The molecule has 1 aromatic carbocycles. The number of aromatic nitrogens is 1. The first-order chi connectivity index (χ1) is 11.0. The molecule has 0 radical (unpaired) electrons. The van der Waals surface area contributed by atoms with Crippen molar-refractivity contribution in [2.75, 3.05) is 12.4 Å². The second kappa shape index (κ2) is 7.59. The molecule has 2 N–H and O–H groups in total. The Hall–Kier alpha value is -1.89. The van der Waals surface area contributed by atoms with Crippen molar-refractivity contribution in [3.05, 3.63) is 29.7 Å². The summed E-state index contributed by atoms with van der Waals surface area (Å²) in [7, 11) is 1.24. The molecule has 1 aromatic heterocycles. The Morgan fingerprint density at radius 2 is 2.17 bits per heavy atom. The first-order valence-corrected chi connectivity index (χ1v) is 8.24. The first kappa shape index (κ1) is 17.5. The zero-order valence-electron chi connectivity index (χ0n) is 12.9. The molecule has 0 aliphatic carbocycles. The highest BCUT2D eigenvalue weighted by molar-refractivity contribution is 9.10. The molecule has 0 unspecified atom stereocenters. The van der Waals surface area contributed by atoms with Gasteiger partial charge in [0.05, 0.1) is 17.6 Å². The van der Waals surface area contributed by atoms with Crippen LogP contribution in [0.3, 0.4) is 0 Å². The number of H-pyrrole nitrogens is 1. The van der Waals surface area contributed by atoms with E-state index in [9.17, 15) is 14.0 Å². The summed E-state index contributed by atoms with van der Waals surface area (Å²) in [4.78, 5) is 26.7. The van der Waals surface area contributed by atoms with Gasteiger partial charge in [0.25, 0.3) is 0 Å². The number of amides is 1. The molecule has 7 heteroatoms. The number of benzene rings is 1. The summed E-state index contributed by atoms with van der Waals surface area (Å²) in [6.07, 6.45) is 2.55.